The molecule has 0 radical (unpaired) electrons. The first-order chi connectivity index (χ1) is 7.33. The Bertz CT molecular complexity index is 273. The van der Waals surface area contributed by atoms with Gasteiger partial charge in [-0.25, -0.2) is 0 Å². The van der Waals surface area contributed by atoms with E-state index in [0.29, 0.717) is 0 Å². The third-order valence-electron chi connectivity index (χ3n) is 2.31. The SMILES string of the molecule is CCCCCCCSc1cccc(Cl)c1. The fourth-order valence-corrected chi connectivity index (χ4v) is 2.68. The third kappa shape index (κ3) is 6.11. The molecule has 0 aliphatic rings. The Morgan fingerprint density at radius 2 is 1.93 bits per heavy atom. The molecule has 0 fully saturated rings. The van der Waals surface area contributed by atoms with E-state index in [1.807, 2.05) is 30.0 Å². The van der Waals surface area contributed by atoms with Crippen molar-refractivity contribution in [1.29, 1.82) is 0 Å². The molecule has 15 heavy (non-hydrogen) atoms. The summed E-state index contributed by atoms with van der Waals surface area (Å²) in [5.74, 6) is 1.21. The van der Waals surface area contributed by atoms with Crippen molar-refractivity contribution in [2.24, 2.45) is 0 Å². The van der Waals surface area contributed by atoms with Gasteiger partial charge in [0.25, 0.3) is 0 Å². The zero-order chi connectivity index (χ0) is 10.9. The average molecular weight is 243 g/mol. The van der Waals surface area contributed by atoms with Gasteiger partial charge >= 0.3 is 0 Å². The van der Waals surface area contributed by atoms with Gasteiger partial charge in [-0.2, -0.15) is 0 Å². The van der Waals surface area contributed by atoms with E-state index in [-0.39, 0.29) is 0 Å². The van der Waals surface area contributed by atoms with Crippen LogP contribution in [0.1, 0.15) is 39.0 Å². The quantitative estimate of drug-likeness (QED) is 0.456. The van der Waals surface area contributed by atoms with Crippen LogP contribution < -0.4 is 0 Å². The highest BCUT2D eigenvalue weighted by molar-refractivity contribution is 7.99. The molecule has 0 aromatic heterocycles. The number of thioether (sulfide) groups is 1. The second kappa shape index (κ2) is 8.06. The van der Waals surface area contributed by atoms with E-state index in [0.717, 1.165) is 5.02 Å². The average Bonchev–Trinajstić information content (AvgIpc) is 2.23. The second-order valence-corrected chi connectivity index (χ2v) is 5.32. The van der Waals surface area contributed by atoms with Crippen LogP contribution in [0.4, 0.5) is 0 Å². The zero-order valence-electron chi connectivity index (χ0n) is 9.34. The van der Waals surface area contributed by atoms with Crippen molar-refractivity contribution in [2.75, 3.05) is 5.75 Å². The third-order valence-corrected chi connectivity index (χ3v) is 3.63. The molecular weight excluding hydrogens is 224 g/mol. The van der Waals surface area contributed by atoms with Crippen molar-refractivity contribution < 1.29 is 0 Å². The highest BCUT2D eigenvalue weighted by Crippen LogP contribution is 2.22. The Morgan fingerprint density at radius 3 is 2.67 bits per heavy atom. The molecule has 84 valence electrons. The van der Waals surface area contributed by atoms with Gasteiger partial charge in [-0.15, -0.1) is 11.8 Å². The number of rotatable bonds is 7. The number of unbranched alkanes of at least 4 members (excludes halogenated alkanes) is 4. The van der Waals surface area contributed by atoms with Crippen molar-refractivity contribution >= 4 is 23.4 Å². The molecule has 1 rings (SSSR count). The normalized spacial score (nSPS) is 10.5. The summed E-state index contributed by atoms with van der Waals surface area (Å²) in [6.45, 7) is 2.25. The van der Waals surface area contributed by atoms with Gasteiger partial charge in [0.05, 0.1) is 0 Å². The first-order valence-corrected chi connectivity index (χ1v) is 7.07. The molecule has 0 bridgehead atoms. The van der Waals surface area contributed by atoms with Gasteiger partial charge < -0.3 is 0 Å². The van der Waals surface area contributed by atoms with Crippen LogP contribution >= 0.6 is 23.4 Å². The second-order valence-electron chi connectivity index (χ2n) is 3.72. The molecule has 0 unspecified atom stereocenters. The van der Waals surface area contributed by atoms with Gasteiger partial charge in [0.15, 0.2) is 0 Å². The Balaban J connectivity index is 2.10. The Labute approximate surface area is 102 Å². The summed E-state index contributed by atoms with van der Waals surface area (Å²) < 4.78 is 0. The lowest BCUT2D eigenvalue weighted by atomic mass is 10.2. The number of benzene rings is 1. The van der Waals surface area contributed by atoms with Crippen LogP contribution in [0.25, 0.3) is 0 Å². The van der Waals surface area contributed by atoms with Gasteiger partial charge in [-0.1, -0.05) is 50.3 Å². The van der Waals surface area contributed by atoms with E-state index >= 15 is 0 Å². The van der Waals surface area contributed by atoms with E-state index < -0.39 is 0 Å². The standard InChI is InChI=1S/C13H19ClS/c1-2-3-4-5-6-10-15-13-9-7-8-12(14)11-13/h7-9,11H,2-6,10H2,1H3. The lowest BCUT2D eigenvalue weighted by Crippen LogP contribution is -1.81. The van der Waals surface area contributed by atoms with Gasteiger partial charge in [0, 0.05) is 9.92 Å². The summed E-state index contributed by atoms with van der Waals surface area (Å²) >= 11 is 7.82. The van der Waals surface area contributed by atoms with Crippen LogP contribution in [-0.2, 0) is 0 Å². The molecule has 0 spiro atoms. The predicted molar refractivity (Wildman–Crippen MR) is 70.9 cm³/mol. The molecule has 0 N–H and O–H groups in total. The van der Waals surface area contributed by atoms with Gasteiger partial charge in [-0.3, -0.25) is 0 Å². The summed E-state index contributed by atoms with van der Waals surface area (Å²) in [4.78, 5) is 1.29. The summed E-state index contributed by atoms with van der Waals surface area (Å²) in [5.41, 5.74) is 0. The van der Waals surface area contributed by atoms with Crippen molar-refractivity contribution in [2.45, 2.75) is 43.9 Å². The van der Waals surface area contributed by atoms with Crippen LogP contribution in [0, 0.1) is 0 Å². The van der Waals surface area contributed by atoms with Crippen molar-refractivity contribution in [1.82, 2.24) is 0 Å². The zero-order valence-corrected chi connectivity index (χ0v) is 10.9. The smallest absolute Gasteiger partial charge is 0.0417 e. The molecular formula is C13H19ClS. The Morgan fingerprint density at radius 1 is 1.13 bits per heavy atom. The molecule has 0 saturated carbocycles. The van der Waals surface area contributed by atoms with E-state index in [9.17, 15) is 0 Å². The number of hydrogen-bond donors (Lipinski definition) is 0. The van der Waals surface area contributed by atoms with Crippen LogP contribution in [0.15, 0.2) is 29.2 Å². The van der Waals surface area contributed by atoms with Crippen LogP contribution in [-0.4, -0.2) is 5.75 Å². The molecule has 1 aromatic carbocycles. The predicted octanol–water partition coefficient (Wildman–Crippen LogP) is 5.40. The summed E-state index contributed by atoms with van der Waals surface area (Å²) in [6, 6.07) is 8.11. The monoisotopic (exact) mass is 242 g/mol. The minimum Gasteiger partial charge on any atom is -0.126 e. The Kier molecular flexibility index (Phi) is 6.95. The summed E-state index contributed by atoms with van der Waals surface area (Å²) in [6.07, 6.45) is 6.76. The number of halogens is 1. The topological polar surface area (TPSA) is 0 Å². The first-order valence-electron chi connectivity index (χ1n) is 5.71. The summed E-state index contributed by atoms with van der Waals surface area (Å²) in [5, 5.41) is 0.839. The highest BCUT2D eigenvalue weighted by atomic mass is 35.5. The van der Waals surface area contributed by atoms with Crippen LogP contribution in [0.3, 0.4) is 0 Å². The molecule has 0 nitrogen and oxygen atoms in total. The summed E-state index contributed by atoms with van der Waals surface area (Å²) in [7, 11) is 0. The van der Waals surface area contributed by atoms with Crippen molar-refractivity contribution in [3.8, 4) is 0 Å². The van der Waals surface area contributed by atoms with Crippen LogP contribution in [0.2, 0.25) is 5.02 Å². The fourth-order valence-electron chi connectivity index (χ4n) is 1.45. The Hall–Kier alpha value is -0.140. The molecule has 2 heteroatoms. The fraction of sp³-hybridized carbons (Fsp3) is 0.538. The molecule has 0 aliphatic carbocycles. The van der Waals surface area contributed by atoms with E-state index in [1.165, 1.54) is 42.8 Å². The molecule has 0 aliphatic heterocycles. The van der Waals surface area contributed by atoms with E-state index in [4.69, 9.17) is 11.6 Å². The molecule has 1 aromatic rings. The largest absolute Gasteiger partial charge is 0.126 e. The number of hydrogen-bond acceptors (Lipinski definition) is 1. The van der Waals surface area contributed by atoms with Gasteiger partial charge in [-0.05, 0) is 30.4 Å². The molecule has 0 saturated heterocycles. The maximum Gasteiger partial charge on any atom is 0.0417 e. The van der Waals surface area contributed by atoms with Gasteiger partial charge in [0.1, 0.15) is 0 Å². The highest BCUT2D eigenvalue weighted by Gasteiger charge is 1.95. The molecule has 0 amide bonds. The van der Waals surface area contributed by atoms with Crippen molar-refractivity contribution in [3.63, 3.8) is 0 Å². The minimum absolute atomic E-state index is 0.839. The molecule has 0 atom stereocenters. The maximum absolute atomic E-state index is 5.91. The van der Waals surface area contributed by atoms with Crippen LogP contribution in [0.5, 0.6) is 0 Å². The minimum atomic E-state index is 0.839. The van der Waals surface area contributed by atoms with Gasteiger partial charge in [0.2, 0.25) is 0 Å². The van der Waals surface area contributed by atoms with Crippen molar-refractivity contribution in [3.05, 3.63) is 29.3 Å². The van der Waals surface area contributed by atoms with E-state index in [2.05, 4.69) is 13.0 Å². The maximum atomic E-state index is 5.91. The lowest BCUT2D eigenvalue weighted by Gasteiger charge is -2.02. The lowest BCUT2D eigenvalue weighted by molar-refractivity contribution is 0.659. The molecule has 0 heterocycles. The first kappa shape index (κ1) is 12.9. The van der Waals surface area contributed by atoms with E-state index in [1.54, 1.807) is 0 Å².